The van der Waals surface area contributed by atoms with Crippen LogP contribution in [0, 0.1) is 13.8 Å². The summed E-state index contributed by atoms with van der Waals surface area (Å²) < 4.78 is 14.3. The van der Waals surface area contributed by atoms with Crippen molar-refractivity contribution in [2.75, 3.05) is 31.6 Å². The summed E-state index contributed by atoms with van der Waals surface area (Å²) in [5.41, 5.74) is 5.58. The van der Waals surface area contributed by atoms with Crippen molar-refractivity contribution in [1.82, 2.24) is 24.6 Å². The Hall–Kier alpha value is -3.88. The van der Waals surface area contributed by atoms with Crippen molar-refractivity contribution in [3.63, 3.8) is 0 Å². The molecule has 0 N–H and O–H groups in total. The van der Waals surface area contributed by atoms with Gasteiger partial charge in [-0.25, -0.2) is 4.98 Å². The van der Waals surface area contributed by atoms with Crippen LogP contribution < -0.4 is 9.64 Å². The number of benzene rings is 1. The molecule has 1 aromatic carbocycles. The molecule has 2 aliphatic heterocycles. The van der Waals surface area contributed by atoms with E-state index in [9.17, 15) is 4.79 Å². The standard InChI is InChI=1S/C29H34N6O3/c1-5-8-25(36)33(4)20-12-15-34(16-13-20)29-31-23-11-10-21(26-18(2)32-38-19(26)3)28-27(23)35(29)24(17-37-28)22-9-6-7-14-30-22/h6-7,9-11,14,20,24H,5,8,12-13,15-17H2,1-4H3/t24-/m1/s1. The molecule has 1 fully saturated rings. The lowest BCUT2D eigenvalue weighted by molar-refractivity contribution is -0.132. The van der Waals surface area contributed by atoms with E-state index in [1.54, 1.807) is 0 Å². The summed E-state index contributed by atoms with van der Waals surface area (Å²) >= 11 is 0. The summed E-state index contributed by atoms with van der Waals surface area (Å²) in [5, 5.41) is 4.18. The Bertz CT molecular complexity index is 1450. The number of nitrogens with zero attached hydrogens (tertiary/aromatic N) is 6. The molecule has 0 spiro atoms. The van der Waals surface area contributed by atoms with Gasteiger partial charge in [-0.3, -0.25) is 14.3 Å². The minimum Gasteiger partial charge on any atom is -0.488 e. The first-order chi connectivity index (χ1) is 18.5. The Labute approximate surface area is 222 Å². The zero-order valence-electron chi connectivity index (χ0n) is 22.5. The summed E-state index contributed by atoms with van der Waals surface area (Å²) in [6.07, 6.45) is 5.14. The number of carbonyl (C=O) groups is 1. The smallest absolute Gasteiger partial charge is 0.222 e. The van der Waals surface area contributed by atoms with Crippen LogP contribution in [0.3, 0.4) is 0 Å². The van der Waals surface area contributed by atoms with E-state index in [1.807, 2.05) is 50.2 Å². The number of imidazole rings is 1. The molecule has 1 amide bonds. The molecule has 0 unspecified atom stereocenters. The van der Waals surface area contributed by atoms with E-state index < -0.39 is 0 Å². The Morgan fingerprint density at radius 3 is 2.66 bits per heavy atom. The van der Waals surface area contributed by atoms with Gasteiger partial charge < -0.3 is 19.1 Å². The quantitative estimate of drug-likeness (QED) is 0.361. The second kappa shape index (κ2) is 9.78. The summed E-state index contributed by atoms with van der Waals surface area (Å²) in [5.74, 6) is 2.74. The average Bonchev–Trinajstić information content (AvgIpc) is 3.50. The lowest BCUT2D eigenvalue weighted by atomic mass is 10.0. The van der Waals surface area contributed by atoms with Gasteiger partial charge in [0.1, 0.15) is 23.9 Å². The van der Waals surface area contributed by atoms with E-state index in [4.69, 9.17) is 14.2 Å². The third-order valence-electron chi connectivity index (χ3n) is 7.97. The Morgan fingerprint density at radius 2 is 1.97 bits per heavy atom. The Kier molecular flexibility index (Phi) is 6.29. The van der Waals surface area contributed by atoms with Crippen LogP contribution in [-0.4, -0.2) is 63.3 Å². The van der Waals surface area contributed by atoms with E-state index in [0.29, 0.717) is 13.0 Å². The zero-order valence-corrected chi connectivity index (χ0v) is 22.5. The molecule has 4 aromatic rings. The molecule has 0 bridgehead atoms. The molecule has 198 valence electrons. The predicted molar refractivity (Wildman–Crippen MR) is 145 cm³/mol. The Morgan fingerprint density at radius 1 is 1.16 bits per heavy atom. The molecule has 1 saturated heterocycles. The van der Waals surface area contributed by atoms with Crippen LogP contribution in [0.4, 0.5) is 5.95 Å². The van der Waals surface area contributed by atoms with Gasteiger partial charge in [0.15, 0.2) is 5.75 Å². The van der Waals surface area contributed by atoms with Gasteiger partial charge in [0, 0.05) is 44.4 Å². The van der Waals surface area contributed by atoms with E-state index in [1.165, 1.54) is 0 Å². The van der Waals surface area contributed by atoms with Gasteiger partial charge in [-0.2, -0.15) is 0 Å². The first-order valence-corrected chi connectivity index (χ1v) is 13.5. The number of aromatic nitrogens is 4. The van der Waals surface area contributed by atoms with Gasteiger partial charge >= 0.3 is 0 Å². The number of amides is 1. The maximum Gasteiger partial charge on any atom is 0.222 e. The lowest BCUT2D eigenvalue weighted by Gasteiger charge is -2.38. The number of piperidine rings is 1. The summed E-state index contributed by atoms with van der Waals surface area (Å²) in [6.45, 7) is 8.06. The van der Waals surface area contributed by atoms with Crippen molar-refractivity contribution in [2.24, 2.45) is 0 Å². The second-order valence-corrected chi connectivity index (χ2v) is 10.3. The summed E-state index contributed by atoms with van der Waals surface area (Å²) in [4.78, 5) is 26.6. The van der Waals surface area contributed by atoms with Crippen LogP contribution in [-0.2, 0) is 4.79 Å². The van der Waals surface area contributed by atoms with Crippen molar-refractivity contribution in [1.29, 1.82) is 0 Å². The molecule has 6 rings (SSSR count). The minimum atomic E-state index is -0.102. The number of pyridine rings is 1. The molecule has 9 nitrogen and oxygen atoms in total. The van der Waals surface area contributed by atoms with Gasteiger partial charge in [0.2, 0.25) is 11.9 Å². The van der Waals surface area contributed by atoms with Gasteiger partial charge in [-0.1, -0.05) is 18.1 Å². The molecule has 0 radical (unpaired) electrons. The predicted octanol–water partition coefficient (Wildman–Crippen LogP) is 4.91. The molecule has 0 saturated carbocycles. The minimum absolute atomic E-state index is 0.102. The monoisotopic (exact) mass is 514 g/mol. The Balaban J connectivity index is 1.42. The number of hydrogen-bond acceptors (Lipinski definition) is 7. The highest BCUT2D eigenvalue weighted by Gasteiger charge is 2.35. The van der Waals surface area contributed by atoms with Crippen LogP contribution >= 0.6 is 0 Å². The SMILES string of the molecule is CCCC(=O)N(C)C1CCN(c2nc3ccc(-c4c(C)noc4C)c4c3n2[C@@H](c2ccccn2)CO4)CC1. The van der Waals surface area contributed by atoms with E-state index in [0.717, 1.165) is 83.4 Å². The molecule has 2 aliphatic rings. The number of anilines is 1. The fraction of sp³-hybridized carbons (Fsp3) is 0.448. The molecular formula is C29H34N6O3. The van der Waals surface area contributed by atoms with Crippen molar-refractivity contribution >= 4 is 22.9 Å². The molecule has 38 heavy (non-hydrogen) atoms. The first kappa shape index (κ1) is 24.5. The normalized spacial score (nSPS) is 17.6. The van der Waals surface area contributed by atoms with E-state index in [-0.39, 0.29) is 18.0 Å². The highest BCUT2D eigenvalue weighted by Crippen LogP contribution is 2.46. The van der Waals surface area contributed by atoms with Gasteiger partial charge in [0.25, 0.3) is 0 Å². The number of rotatable bonds is 6. The maximum absolute atomic E-state index is 12.5. The van der Waals surface area contributed by atoms with Crippen LogP contribution in [0.25, 0.3) is 22.2 Å². The average molecular weight is 515 g/mol. The van der Waals surface area contributed by atoms with Crippen LogP contribution in [0.1, 0.15) is 55.8 Å². The molecule has 3 aromatic heterocycles. The van der Waals surface area contributed by atoms with Crippen LogP contribution in [0.5, 0.6) is 5.75 Å². The van der Waals surface area contributed by atoms with Crippen molar-refractivity contribution in [3.8, 4) is 16.9 Å². The van der Waals surface area contributed by atoms with Gasteiger partial charge in [0.05, 0.1) is 22.5 Å². The highest BCUT2D eigenvalue weighted by atomic mass is 16.5. The maximum atomic E-state index is 12.5. The summed E-state index contributed by atoms with van der Waals surface area (Å²) in [6, 6.07) is 10.3. The molecule has 9 heteroatoms. The van der Waals surface area contributed by atoms with Crippen LogP contribution in [0.2, 0.25) is 0 Å². The van der Waals surface area contributed by atoms with Crippen molar-refractivity contribution in [3.05, 3.63) is 53.7 Å². The number of carbonyl (C=O) groups excluding carboxylic acids is 1. The molecule has 0 aliphatic carbocycles. The molecule has 1 atom stereocenters. The number of ether oxygens (including phenoxy) is 1. The zero-order chi connectivity index (χ0) is 26.4. The first-order valence-electron chi connectivity index (χ1n) is 13.5. The van der Waals surface area contributed by atoms with E-state index >= 15 is 0 Å². The number of hydrogen-bond donors (Lipinski definition) is 0. The highest BCUT2D eigenvalue weighted by molar-refractivity contribution is 5.94. The molecule has 5 heterocycles. The molecular weight excluding hydrogens is 480 g/mol. The number of aryl methyl sites for hydroxylation is 2. The van der Waals surface area contributed by atoms with Gasteiger partial charge in [-0.05, 0) is 57.4 Å². The van der Waals surface area contributed by atoms with E-state index in [2.05, 4.69) is 38.7 Å². The third kappa shape index (κ3) is 4.01. The second-order valence-electron chi connectivity index (χ2n) is 10.3. The largest absolute Gasteiger partial charge is 0.488 e. The lowest BCUT2D eigenvalue weighted by Crippen LogP contribution is -2.46. The van der Waals surface area contributed by atoms with Crippen molar-refractivity contribution in [2.45, 2.75) is 58.5 Å². The van der Waals surface area contributed by atoms with Crippen molar-refractivity contribution < 1.29 is 14.1 Å². The van der Waals surface area contributed by atoms with Gasteiger partial charge in [-0.15, -0.1) is 0 Å². The summed E-state index contributed by atoms with van der Waals surface area (Å²) in [7, 11) is 1.95. The third-order valence-corrected chi connectivity index (χ3v) is 7.97. The fourth-order valence-corrected chi connectivity index (χ4v) is 5.95. The van der Waals surface area contributed by atoms with Crippen LogP contribution in [0.15, 0.2) is 41.1 Å². The fourth-order valence-electron chi connectivity index (χ4n) is 5.95. The topological polar surface area (TPSA) is 89.5 Å².